The molecule has 0 amide bonds. The van der Waals surface area contributed by atoms with Gasteiger partial charge >= 0.3 is 0 Å². The number of benzene rings is 1. The lowest BCUT2D eigenvalue weighted by atomic mass is 10.2. The number of hydrogen-bond acceptors (Lipinski definition) is 3. The van der Waals surface area contributed by atoms with Crippen LogP contribution in [0.4, 0.5) is 5.69 Å². The van der Waals surface area contributed by atoms with Crippen LogP contribution in [0.25, 0.3) is 10.9 Å². The summed E-state index contributed by atoms with van der Waals surface area (Å²) in [4.78, 5) is 14.3. The lowest BCUT2D eigenvalue weighted by Crippen LogP contribution is -1.90. The Labute approximate surface area is 90.7 Å². The van der Waals surface area contributed by atoms with Gasteiger partial charge in [-0.05, 0) is 12.1 Å². The van der Waals surface area contributed by atoms with Crippen molar-refractivity contribution < 1.29 is 4.92 Å². The van der Waals surface area contributed by atoms with Gasteiger partial charge in [-0.25, -0.2) is 0 Å². The third-order valence-corrected chi connectivity index (χ3v) is 2.35. The van der Waals surface area contributed by atoms with Gasteiger partial charge in [0.15, 0.2) is 0 Å². The van der Waals surface area contributed by atoms with Crippen molar-refractivity contribution in [3.05, 3.63) is 46.1 Å². The van der Waals surface area contributed by atoms with Gasteiger partial charge in [0.05, 0.1) is 22.0 Å². The van der Waals surface area contributed by atoms with Gasteiger partial charge in [0.25, 0.3) is 5.69 Å². The van der Waals surface area contributed by atoms with E-state index < -0.39 is 4.92 Å². The number of alkyl halides is 1. The van der Waals surface area contributed by atoms with Crippen LogP contribution in [0, 0.1) is 10.1 Å². The summed E-state index contributed by atoms with van der Waals surface area (Å²) in [6.45, 7) is 0. The molecule has 2 aromatic rings. The van der Waals surface area contributed by atoms with Crippen LogP contribution < -0.4 is 0 Å². The molecule has 1 heterocycles. The van der Waals surface area contributed by atoms with E-state index in [2.05, 4.69) is 4.98 Å². The van der Waals surface area contributed by atoms with E-state index in [4.69, 9.17) is 11.6 Å². The van der Waals surface area contributed by atoms with E-state index in [1.165, 1.54) is 12.1 Å². The first kappa shape index (κ1) is 9.86. The maximum atomic E-state index is 10.6. The molecule has 0 unspecified atom stereocenters. The predicted octanol–water partition coefficient (Wildman–Crippen LogP) is 2.88. The molecule has 0 spiro atoms. The molecule has 0 bridgehead atoms. The van der Waals surface area contributed by atoms with Gasteiger partial charge in [0.1, 0.15) is 0 Å². The molecule has 0 radical (unpaired) electrons. The average Bonchev–Trinajstić information content (AvgIpc) is 2.27. The van der Waals surface area contributed by atoms with Crippen LogP contribution >= 0.6 is 11.6 Å². The Balaban J connectivity index is 2.62. The van der Waals surface area contributed by atoms with Crippen LogP contribution in [0.15, 0.2) is 30.3 Å². The molecule has 0 aliphatic heterocycles. The lowest BCUT2D eigenvalue weighted by molar-refractivity contribution is -0.384. The molecule has 15 heavy (non-hydrogen) atoms. The molecule has 0 atom stereocenters. The molecule has 0 saturated carbocycles. The van der Waals surface area contributed by atoms with Gasteiger partial charge in [-0.3, -0.25) is 15.1 Å². The number of nitro benzene ring substituents is 1. The number of rotatable bonds is 2. The summed E-state index contributed by atoms with van der Waals surface area (Å²) in [6.07, 6.45) is 0. The number of hydrogen-bond donors (Lipinski definition) is 0. The van der Waals surface area contributed by atoms with Crippen LogP contribution in [-0.2, 0) is 5.88 Å². The fourth-order valence-electron chi connectivity index (χ4n) is 1.34. The molecule has 0 N–H and O–H groups in total. The third-order valence-electron chi connectivity index (χ3n) is 2.08. The molecular formula is C10H7ClN2O2. The minimum atomic E-state index is -0.436. The first-order valence-electron chi connectivity index (χ1n) is 4.31. The molecule has 0 aliphatic carbocycles. The van der Waals surface area contributed by atoms with Crippen LogP contribution in [0.2, 0.25) is 0 Å². The fraction of sp³-hybridized carbons (Fsp3) is 0.100. The second-order valence-electron chi connectivity index (χ2n) is 3.07. The second-order valence-corrected chi connectivity index (χ2v) is 3.34. The molecule has 4 nitrogen and oxygen atoms in total. The molecule has 2 rings (SSSR count). The number of non-ortho nitro benzene ring substituents is 1. The number of fused-ring (bicyclic) bond motifs is 1. The number of nitrogens with zero attached hydrogens (tertiary/aromatic N) is 2. The zero-order valence-corrected chi connectivity index (χ0v) is 8.44. The van der Waals surface area contributed by atoms with Crippen molar-refractivity contribution in [3.63, 3.8) is 0 Å². The third kappa shape index (κ3) is 1.89. The van der Waals surface area contributed by atoms with Gasteiger partial charge in [-0.15, -0.1) is 11.6 Å². The number of aromatic nitrogens is 1. The van der Waals surface area contributed by atoms with Crippen LogP contribution in [0.5, 0.6) is 0 Å². The normalized spacial score (nSPS) is 10.5. The van der Waals surface area contributed by atoms with Crippen molar-refractivity contribution in [2.45, 2.75) is 5.88 Å². The number of nitro groups is 1. The standard InChI is InChI=1S/C10H7ClN2O2/c11-6-8-3-1-7-2-4-9(13(14)15)5-10(7)12-8/h1-5H,6H2. The fourth-order valence-corrected chi connectivity index (χ4v) is 1.48. The number of halogens is 1. The molecule has 5 heteroatoms. The van der Waals surface area contributed by atoms with E-state index in [-0.39, 0.29) is 5.69 Å². The van der Waals surface area contributed by atoms with Crippen molar-refractivity contribution >= 4 is 28.2 Å². The Morgan fingerprint density at radius 2 is 2.07 bits per heavy atom. The molecule has 1 aromatic heterocycles. The molecule has 0 fully saturated rings. The van der Waals surface area contributed by atoms with Gasteiger partial charge in [-0.2, -0.15) is 0 Å². The van der Waals surface area contributed by atoms with Crippen molar-refractivity contribution in [2.75, 3.05) is 0 Å². The summed E-state index contributed by atoms with van der Waals surface area (Å²) in [6, 6.07) is 8.25. The molecule has 76 valence electrons. The van der Waals surface area contributed by atoms with E-state index in [0.717, 1.165) is 5.39 Å². The first-order chi connectivity index (χ1) is 7.20. The zero-order chi connectivity index (χ0) is 10.8. The van der Waals surface area contributed by atoms with E-state index in [9.17, 15) is 10.1 Å². The highest BCUT2D eigenvalue weighted by molar-refractivity contribution is 6.16. The SMILES string of the molecule is O=[N+]([O-])c1ccc2ccc(CCl)nc2c1. The van der Waals surface area contributed by atoms with Crippen LogP contribution in [0.1, 0.15) is 5.69 Å². The molecular weight excluding hydrogens is 216 g/mol. The van der Waals surface area contributed by atoms with Gasteiger partial charge in [0.2, 0.25) is 0 Å². The van der Waals surface area contributed by atoms with Gasteiger partial charge < -0.3 is 0 Å². The Morgan fingerprint density at radius 1 is 1.33 bits per heavy atom. The average molecular weight is 223 g/mol. The summed E-state index contributed by atoms with van der Waals surface area (Å²) >= 11 is 5.63. The van der Waals surface area contributed by atoms with Crippen LogP contribution in [-0.4, -0.2) is 9.91 Å². The Morgan fingerprint density at radius 3 is 2.73 bits per heavy atom. The highest BCUT2D eigenvalue weighted by Crippen LogP contribution is 2.19. The van der Waals surface area contributed by atoms with Gasteiger partial charge in [0, 0.05) is 17.5 Å². The number of pyridine rings is 1. The van der Waals surface area contributed by atoms with E-state index in [1.807, 2.05) is 6.07 Å². The molecule has 1 aromatic carbocycles. The van der Waals surface area contributed by atoms with E-state index >= 15 is 0 Å². The van der Waals surface area contributed by atoms with Crippen molar-refractivity contribution in [1.82, 2.24) is 4.98 Å². The van der Waals surface area contributed by atoms with E-state index in [1.54, 1.807) is 12.1 Å². The van der Waals surface area contributed by atoms with Crippen molar-refractivity contribution in [2.24, 2.45) is 0 Å². The quantitative estimate of drug-likeness (QED) is 0.446. The first-order valence-corrected chi connectivity index (χ1v) is 4.84. The summed E-state index contributed by atoms with van der Waals surface area (Å²) in [5.41, 5.74) is 1.36. The van der Waals surface area contributed by atoms with Crippen molar-refractivity contribution in [1.29, 1.82) is 0 Å². The summed E-state index contributed by atoms with van der Waals surface area (Å²) < 4.78 is 0. The Kier molecular flexibility index (Phi) is 2.51. The minimum Gasteiger partial charge on any atom is -0.258 e. The largest absolute Gasteiger partial charge is 0.271 e. The topological polar surface area (TPSA) is 56.0 Å². The maximum Gasteiger partial charge on any atom is 0.271 e. The van der Waals surface area contributed by atoms with Crippen LogP contribution in [0.3, 0.4) is 0 Å². The monoisotopic (exact) mass is 222 g/mol. The lowest BCUT2D eigenvalue weighted by Gasteiger charge is -1.99. The zero-order valence-electron chi connectivity index (χ0n) is 7.68. The second kappa shape index (κ2) is 3.82. The molecule has 0 aliphatic rings. The predicted molar refractivity (Wildman–Crippen MR) is 58.0 cm³/mol. The van der Waals surface area contributed by atoms with E-state index in [0.29, 0.717) is 17.1 Å². The summed E-state index contributed by atoms with van der Waals surface area (Å²) in [5, 5.41) is 11.4. The van der Waals surface area contributed by atoms with Crippen molar-refractivity contribution in [3.8, 4) is 0 Å². The highest BCUT2D eigenvalue weighted by atomic mass is 35.5. The maximum absolute atomic E-state index is 10.6. The van der Waals surface area contributed by atoms with Gasteiger partial charge in [-0.1, -0.05) is 6.07 Å². The Bertz CT molecular complexity index is 528. The Hall–Kier alpha value is -1.68. The highest BCUT2D eigenvalue weighted by Gasteiger charge is 2.06. The summed E-state index contributed by atoms with van der Waals surface area (Å²) in [5.74, 6) is 0.304. The molecule has 0 saturated heterocycles. The minimum absolute atomic E-state index is 0.0433. The smallest absolute Gasteiger partial charge is 0.258 e. The summed E-state index contributed by atoms with van der Waals surface area (Å²) in [7, 11) is 0.